The van der Waals surface area contributed by atoms with Gasteiger partial charge in [0.25, 0.3) is 0 Å². The summed E-state index contributed by atoms with van der Waals surface area (Å²) in [4.78, 5) is 0. The van der Waals surface area contributed by atoms with Gasteiger partial charge >= 0.3 is 0 Å². The second kappa shape index (κ2) is 7.80. The van der Waals surface area contributed by atoms with Gasteiger partial charge in [-0.15, -0.1) is 6.58 Å². The van der Waals surface area contributed by atoms with E-state index in [9.17, 15) is 0 Å². The normalized spacial score (nSPS) is 10.5. The standard InChI is InChI=1S/C10H21N/c1-4-5-6-7-8-9-11-10(2)3/h4,10-11H,1,5-9H2,2-3H3. The van der Waals surface area contributed by atoms with Crippen molar-refractivity contribution in [3.05, 3.63) is 12.7 Å². The molecule has 0 amide bonds. The molecule has 1 heteroatoms. The minimum absolute atomic E-state index is 0.634. The second-order valence-corrected chi connectivity index (χ2v) is 3.25. The maximum atomic E-state index is 3.69. The van der Waals surface area contributed by atoms with Gasteiger partial charge in [0.15, 0.2) is 0 Å². The first-order chi connectivity index (χ1) is 5.27. The Balaban J connectivity index is 2.85. The monoisotopic (exact) mass is 155 g/mol. The largest absolute Gasteiger partial charge is 0.315 e. The third-order valence-electron chi connectivity index (χ3n) is 1.64. The molecule has 66 valence electrons. The van der Waals surface area contributed by atoms with Crippen molar-refractivity contribution >= 4 is 0 Å². The van der Waals surface area contributed by atoms with Gasteiger partial charge in [0.1, 0.15) is 0 Å². The Morgan fingerprint density at radius 3 is 2.55 bits per heavy atom. The van der Waals surface area contributed by atoms with Crippen LogP contribution in [0.1, 0.15) is 39.5 Å². The van der Waals surface area contributed by atoms with Gasteiger partial charge in [-0.25, -0.2) is 0 Å². The molecule has 0 saturated heterocycles. The Kier molecular flexibility index (Phi) is 7.59. The zero-order valence-corrected chi connectivity index (χ0v) is 7.90. The third-order valence-corrected chi connectivity index (χ3v) is 1.64. The maximum Gasteiger partial charge on any atom is 0.00103 e. The van der Waals surface area contributed by atoms with Gasteiger partial charge in [0.05, 0.1) is 0 Å². The molecule has 0 heterocycles. The van der Waals surface area contributed by atoms with E-state index in [1.165, 1.54) is 25.7 Å². The highest BCUT2D eigenvalue weighted by atomic mass is 14.9. The van der Waals surface area contributed by atoms with Crippen molar-refractivity contribution in [1.29, 1.82) is 0 Å². The minimum Gasteiger partial charge on any atom is -0.315 e. The van der Waals surface area contributed by atoms with Gasteiger partial charge in [0, 0.05) is 6.04 Å². The van der Waals surface area contributed by atoms with Crippen LogP contribution < -0.4 is 5.32 Å². The summed E-state index contributed by atoms with van der Waals surface area (Å²) >= 11 is 0. The van der Waals surface area contributed by atoms with Gasteiger partial charge < -0.3 is 5.32 Å². The van der Waals surface area contributed by atoms with Crippen LogP contribution >= 0.6 is 0 Å². The molecule has 0 fully saturated rings. The smallest absolute Gasteiger partial charge is 0.00103 e. The van der Waals surface area contributed by atoms with Crippen molar-refractivity contribution in [1.82, 2.24) is 5.32 Å². The highest BCUT2D eigenvalue weighted by molar-refractivity contribution is 4.65. The van der Waals surface area contributed by atoms with E-state index in [4.69, 9.17) is 0 Å². The first-order valence-corrected chi connectivity index (χ1v) is 4.61. The lowest BCUT2D eigenvalue weighted by atomic mass is 10.2. The molecular formula is C10H21N. The fourth-order valence-electron chi connectivity index (χ4n) is 0.981. The Bertz CT molecular complexity index is 86.9. The average molecular weight is 155 g/mol. The lowest BCUT2D eigenvalue weighted by Gasteiger charge is -2.06. The Labute approximate surface area is 70.9 Å². The van der Waals surface area contributed by atoms with Crippen LogP contribution in [-0.4, -0.2) is 12.6 Å². The van der Waals surface area contributed by atoms with Gasteiger partial charge in [-0.3, -0.25) is 0 Å². The number of allylic oxidation sites excluding steroid dienone is 1. The SMILES string of the molecule is C=CCCCCCNC(C)C. The van der Waals surface area contributed by atoms with Crippen LogP contribution in [0.15, 0.2) is 12.7 Å². The highest BCUT2D eigenvalue weighted by Gasteiger charge is 1.90. The van der Waals surface area contributed by atoms with Gasteiger partial charge in [-0.1, -0.05) is 26.3 Å². The lowest BCUT2D eigenvalue weighted by molar-refractivity contribution is 0.550. The summed E-state index contributed by atoms with van der Waals surface area (Å²) in [5, 5.41) is 3.40. The zero-order chi connectivity index (χ0) is 8.53. The molecule has 0 aliphatic carbocycles. The van der Waals surface area contributed by atoms with Crippen molar-refractivity contribution in [3.63, 3.8) is 0 Å². The van der Waals surface area contributed by atoms with E-state index in [0.717, 1.165) is 6.54 Å². The predicted octanol–water partition coefficient (Wildman–Crippen LogP) is 2.73. The summed E-state index contributed by atoms with van der Waals surface area (Å²) in [5.41, 5.74) is 0. The topological polar surface area (TPSA) is 12.0 Å². The van der Waals surface area contributed by atoms with Crippen LogP contribution in [0, 0.1) is 0 Å². The van der Waals surface area contributed by atoms with Crippen molar-refractivity contribution in [2.75, 3.05) is 6.54 Å². The fraction of sp³-hybridized carbons (Fsp3) is 0.800. The van der Waals surface area contributed by atoms with E-state index < -0.39 is 0 Å². The van der Waals surface area contributed by atoms with Crippen LogP contribution in [0.4, 0.5) is 0 Å². The number of rotatable bonds is 7. The fourth-order valence-corrected chi connectivity index (χ4v) is 0.981. The molecular weight excluding hydrogens is 134 g/mol. The molecule has 0 aliphatic rings. The van der Waals surface area contributed by atoms with Crippen LogP contribution in [0.3, 0.4) is 0 Å². The summed E-state index contributed by atoms with van der Waals surface area (Å²) in [6.07, 6.45) is 7.08. The highest BCUT2D eigenvalue weighted by Crippen LogP contribution is 1.98. The Hall–Kier alpha value is -0.300. The molecule has 0 aromatic heterocycles. The van der Waals surface area contributed by atoms with Gasteiger partial charge in [-0.05, 0) is 25.8 Å². The number of hydrogen-bond acceptors (Lipinski definition) is 1. The predicted molar refractivity (Wildman–Crippen MR) is 51.8 cm³/mol. The number of unbranched alkanes of at least 4 members (excludes halogenated alkanes) is 3. The van der Waals surface area contributed by atoms with E-state index in [1.807, 2.05) is 6.08 Å². The maximum absolute atomic E-state index is 3.69. The summed E-state index contributed by atoms with van der Waals surface area (Å²) in [6, 6.07) is 0.634. The minimum atomic E-state index is 0.634. The van der Waals surface area contributed by atoms with Crippen LogP contribution in [0.2, 0.25) is 0 Å². The summed E-state index contributed by atoms with van der Waals surface area (Å²) < 4.78 is 0. The van der Waals surface area contributed by atoms with E-state index in [0.29, 0.717) is 6.04 Å². The van der Waals surface area contributed by atoms with E-state index >= 15 is 0 Å². The summed E-state index contributed by atoms with van der Waals surface area (Å²) in [7, 11) is 0. The number of hydrogen-bond donors (Lipinski definition) is 1. The third kappa shape index (κ3) is 9.70. The van der Waals surface area contributed by atoms with Crippen LogP contribution in [0.5, 0.6) is 0 Å². The summed E-state index contributed by atoms with van der Waals surface area (Å²) in [6.45, 7) is 9.22. The molecule has 0 rings (SSSR count). The molecule has 0 bridgehead atoms. The van der Waals surface area contributed by atoms with Crippen molar-refractivity contribution < 1.29 is 0 Å². The van der Waals surface area contributed by atoms with Crippen molar-refractivity contribution in [2.45, 2.75) is 45.6 Å². The van der Waals surface area contributed by atoms with Crippen molar-refractivity contribution in [3.8, 4) is 0 Å². The molecule has 0 spiro atoms. The first kappa shape index (κ1) is 10.7. The zero-order valence-electron chi connectivity index (χ0n) is 7.90. The van der Waals surface area contributed by atoms with Crippen molar-refractivity contribution in [2.24, 2.45) is 0 Å². The molecule has 0 atom stereocenters. The molecule has 0 aromatic rings. The first-order valence-electron chi connectivity index (χ1n) is 4.61. The van der Waals surface area contributed by atoms with E-state index in [1.54, 1.807) is 0 Å². The quantitative estimate of drug-likeness (QED) is 0.440. The van der Waals surface area contributed by atoms with Crippen LogP contribution in [-0.2, 0) is 0 Å². The molecule has 1 N–H and O–H groups in total. The van der Waals surface area contributed by atoms with E-state index in [2.05, 4.69) is 25.7 Å². The Morgan fingerprint density at radius 1 is 1.27 bits per heavy atom. The van der Waals surface area contributed by atoms with Crippen LogP contribution in [0.25, 0.3) is 0 Å². The Morgan fingerprint density at radius 2 is 2.00 bits per heavy atom. The molecule has 1 nitrogen and oxygen atoms in total. The number of nitrogens with one attached hydrogen (secondary N) is 1. The molecule has 0 aromatic carbocycles. The molecule has 0 saturated carbocycles. The molecule has 11 heavy (non-hydrogen) atoms. The summed E-state index contributed by atoms with van der Waals surface area (Å²) in [5.74, 6) is 0. The second-order valence-electron chi connectivity index (χ2n) is 3.25. The molecule has 0 unspecified atom stereocenters. The van der Waals surface area contributed by atoms with E-state index in [-0.39, 0.29) is 0 Å². The van der Waals surface area contributed by atoms with Gasteiger partial charge in [-0.2, -0.15) is 0 Å². The average Bonchev–Trinajstić information content (AvgIpc) is 1.96. The van der Waals surface area contributed by atoms with Gasteiger partial charge in [0.2, 0.25) is 0 Å². The molecule has 0 radical (unpaired) electrons. The molecule has 0 aliphatic heterocycles. The lowest BCUT2D eigenvalue weighted by Crippen LogP contribution is -2.23.